The van der Waals surface area contributed by atoms with E-state index in [0.29, 0.717) is 0 Å². The Labute approximate surface area is 105 Å². The van der Waals surface area contributed by atoms with Crippen molar-refractivity contribution in [3.05, 3.63) is 22.7 Å². The van der Waals surface area contributed by atoms with Crippen molar-refractivity contribution in [3.8, 4) is 0 Å². The van der Waals surface area contributed by atoms with Gasteiger partial charge < -0.3 is 9.84 Å². The molecule has 18 heavy (non-hydrogen) atoms. The van der Waals surface area contributed by atoms with Crippen LogP contribution in [0.1, 0.15) is 16.3 Å². The number of aromatic carboxylic acids is 1. The van der Waals surface area contributed by atoms with Gasteiger partial charge >= 0.3 is 12.1 Å². The number of ether oxygens (including phenoxy) is 1. The molecule has 0 amide bonds. The van der Waals surface area contributed by atoms with Crippen molar-refractivity contribution < 1.29 is 27.8 Å². The molecule has 1 aromatic rings. The Kier molecular flexibility index (Phi) is 4.85. The summed E-state index contributed by atoms with van der Waals surface area (Å²) in [5.74, 6) is -1.28. The molecule has 0 saturated carbocycles. The number of alkyl halides is 3. The van der Waals surface area contributed by atoms with Gasteiger partial charge in [-0.05, 0) is 0 Å². The first kappa shape index (κ1) is 14.7. The molecule has 1 heterocycles. The molecule has 1 rings (SSSR count). The normalized spacial score (nSPS) is 11.6. The molecule has 0 atom stereocenters. The highest BCUT2D eigenvalue weighted by molar-refractivity contribution is 6.33. The Bertz CT molecular complexity index is 440. The first-order valence-electron chi connectivity index (χ1n) is 4.69. The van der Waals surface area contributed by atoms with Gasteiger partial charge in [0.1, 0.15) is 12.4 Å². The first-order valence-corrected chi connectivity index (χ1v) is 5.06. The standard InChI is InChI=1S/C9H8ClF3N2O3/c10-5-3-14-6(15-7(5)8(16)17)1-2-18-4-9(11,12)13/h3H,1-2,4H2,(H,16,17). The fourth-order valence-electron chi connectivity index (χ4n) is 1.03. The molecular formula is C9H8ClF3N2O3. The van der Waals surface area contributed by atoms with E-state index in [4.69, 9.17) is 16.7 Å². The van der Waals surface area contributed by atoms with Gasteiger partial charge in [0.05, 0.1) is 17.8 Å². The average molecular weight is 285 g/mol. The quantitative estimate of drug-likeness (QED) is 0.837. The lowest BCUT2D eigenvalue weighted by molar-refractivity contribution is -0.173. The number of nitrogens with zero attached hydrogens (tertiary/aromatic N) is 2. The van der Waals surface area contributed by atoms with E-state index in [2.05, 4.69) is 14.7 Å². The maximum Gasteiger partial charge on any atom is 0.411 e. The topological polar surface area (TPSA) is 72.3 Å². The van der Waals surface area contributed by atoms with E-state index >= 15 is 0 Å². The van der Waals surface area contributed by atoms with Crippen LogP contribution >= 0.6 is 11.6 Å². The largest absolute Gasteiger partial charge is 0.476 e. The molecule has 0 bridgehead atoms. The summed E-state index contributed by atoms with van der Waals surface area (Å²) in [5.41, 5.74) is -0.391. The minimum atomic E-state index is -4.40. The lowest BCUT2D eigenvalue weighted by Crippen LogP contribution is -2.18. The van der Waals surface area contributed by atoms with Gasteiger partial charge in [-0.1, -0.05) is 11.6 Å². The molecule has 0 radical (unpaired) electrons. The Balaban J connectivity index is 2.53. The number of aromatic nitrogens is 2. The Morgan fingerprint density at radius 1 is 1.50 bits per heavy atom. The van der Waals surface area contributed by atoms with Gasteiger partial charge in [0.2, 0.25) is 0 Å². The maximum absolute atomic E-state index is 11.8. The second kappa shape index (κ2) is 5.96. The van der Waals surface area contributed by atoms with E-state index in [9.17, 15) is 18.0 Å². The summed E-state index contributed by atoms with van der Waals surface area (Å²) < 4.78 is 39.6. The van der Waals surface area contributed by atoms with Gasteiger partial charge in [0, 0.05) is 6.42 Å². The van der Waals surface area contributed by atoms with E-state index in [-0.39, 0.29) is 23.9 Å². The molecule has 0 spiro atoms. The lowest BCUT2D eigenvalue weighted by atomic mass is 10.3. The van der Waals surface area contributed by atoms with Gasteiger partial charge in [0.15, 0.2) is 5.69 Å². The smallest absolute Gasteiger partial charge is 0.411 e. The highest BCUT2D eigenvalue weighted by Gasteiger charge is 2.27. The Morgan fingerprint density at radius 3 is 2.72 bits per heavy atom. The molecule has 0 aliphatic heterocycles. The van der Waals surface area contributed by atoms with Crippen LogP contribution in [0.3, 0.4) is 0 Å². The number of rotatable bonds is 5. The SMILES string of the molecule is O=C(O)c1nc(CCOCC(F)(F)F)ncc1Cl. The molecule has 0 aromatic carbocycles. The lowest BCUT2D eigenvalue weighted by Gasteiger charge is -2.07. The van der Waals surface area contributed by atoms with Gasteiger partial charge in [-0.3, -0.25) is 0 Å². The summed E-state index contributed by atoms with van der Waals surface area (Å²) in [4.78, 5) is 18.0. The van der Waals surface area contributed by atoms with E-state index in [0.717, 1.165) is 6.20 Å². The van der Waals surface area contributed by atoms with Crippen molar-refractivity contribution in [2.45, 2.75) is 12.6 Å². The van der Waals surface area contributed by atoms with Crippen molar-refractivity contribution in [3.63, 3.8) is 0 Å². The predicted molar refractivity (Wildman–Crippen MR) is 54.6 cm³/mol. The molecule has 0 saturated heterocycles. The third kappa shape index (κ3) is 4.84. The molecule has 0 aliphatic rings. The first-order chi connectivity index (χ1) is 8.29. The molecule has 0 unspecified atom stereocenters. The van der Waals surface area contributed by atoms with Crippen LogP contribution in [0.25, 0.3) is 0 Å². The van der Waals surface area contributed by atoms with Crippen molar-refractivity contribution in [2.75, 3.05) is 13.2 Å². The zero-order chi connectivity index (χ0) is 13.8. The third-order valence-corrected chi connectivity index (χ3v) is 2.01. The average Bonchev–Trinajstić information content (AvgIpc) is 2.24. The van der Waals surface area contributed by atoms with E-state index in [1.165, 1.54) is 0 Å². The number of hydrogen-bond donors (Lipinski definition) is 1. The molecule has 0 fully saturated rings. The summed E-state index contributed by atoms with van der Waals surface area (Å²) in [5, 5.41) is 8.58. The van der Waals surface area contributed by atoms with E-state index in [1.54, 1.807) is 0 Å². The molecule has 9 heteroatoms. The minimum Gasteiger partial charge on any atom is -0.476 e. The monoisotopic (exact) mass is 284 g/mol. The van der Waals surface area contributed by atoms with E-state index < -0.39 is 24.4 Å². The fourth-order valence-corrected chi connectivity index (χ4v) is 1.20. The molecule has 1 aromatic heterocycles. The van der Waals surface area contributed by atoms with Crippen LogP contribution in [0, 0.1) is 0 Å². The fraction of sp³-hybridized carbons (Fsp3) is 0.444. The number of carboxylic acids is 1. The molecule has 100 valence electrons. The summed E-state index contributed by atoms with van der Waals surface area (Å²) in [6, 6.07) is 0. The van der Waals surface area contributed by atoms with Crippen molar-refractivity contribution in [2.24, 2.45) is 0 Å². The predicted octanol–water partition coefficient (Wildman–Crippen LogP) is 1.95. The summed E-state index contributed by atoms with van der Waals surface area (Å²) >= 11 is 5.53. The second-order valence-corrected chi connectivity index (χ2v) is 3.61. The van der Waals surface area contributed by atoms with Gasteiger partial charge in [-0.25, -0.2) is 14.8 Å². The number of halogens is 4. The number of hydrogen-bond acceptors (Lipinski definition) is 4. The van der Waals surface area contributed by atoms with Crippen molar-refractivity contribution >= 4 is 17.6 Å². The molecule has 5 nitrogen and oxygen atoms in total. The third-order valence-electron chi connectivity index (χ3n) is 1.73. The van der Waals surface area contributed by atoms with E-state index in [1.807, 2.05) is 0 Å². The number of carbonyl (C=O) groups is 1. The summed E-state index contributed by atoms with van der Waals surface area (Å²) in [6.07, 6.45) is -3.35. The number of carboxylic acid groups (broad SMARTS) is 1. The van der Waals surface area contributed by atoms with Crippen LogP contribution in [0.2, 0.25) is 5.02 Å². The van der Waals surface area contributed by atoms with Gasteiger partial charge in [-0.15, -0.1) is 0 Å². The zero-order valence-corrected chi connectivity index (χ0v) is 9.62. The van der Waals surface area contributed by atoms with Crippen LogP contribution < -0.4 is 0 Å². The molecular weight excluding hydrogens is 277 g/mol. The highest BCUT2D eigenvalue weighted by atomic mass is 35.5. The van der Waals surface area contributed by atoms with Crippen LogP contribution in [-0.4, -0.2) is 40.4 Å². The highest BCUT2D eigenvalue weighted by Crippen LogP contribution is 2.15. The Morgan fingerprint density at radius 2 is 2.17 bits per heavy atom. The van der Waals surface area contributed by atoms with Gasteiger partial charge in [-0.2, -0.15) is 13.2 Å². The Hall–Kier alpha value is -1.41. The summed E-state index contributed by atoms with van der Waals surface area (Å²) in [6.45, 7) is -1.63. The van der Waals surface area contributed by atoms with Crippen molar-refractivity contribution in [1.29, 1.82) is 0 Å². The van der Waals surface area contributed by atoms with Crippen LogP contribution in [0.5, 0.6) is 0 Å². The minimum absolute atomic E-state index is 0.0342. The van der Waals surface area contributed by atoms with Crippen LogP contribution in [-0.2, 0) is 11.2 Å². The molecule has 1 N–H and O–H groups in total. The summed E-state index contributed by atoms with van der Waals surface area (Å²) in [7, 11) is 0. The van der Waals surface area contributed by atoms with Crippen LogP contribution in [0.4, 0.5) is 13.2 Å². The maximum atomic E-state index is 11.8. The van der Waals surface area contributed by atoms with Crippen molar-refractivity contribution in [1.82, 2.24) is 9.97 Å². The van der Waals surface area contributed by atoms with Gasteiger partial charge in [0.25, 0.3) is 0 Å². The van der Waals surface area contributed by atoms with Crippen LogP contribution in [0.15, 0.2) is 6.20 Å². The zero-order valence-electron chi connectivity index (χ0n) is 8.87. The molecule has 0 aliphatic carbocycles. The second-order valence-electron chi connectivity index (χ2n) is 3.21.